The molecule has 57 heavy (non-hydrogen) atoms. The van der Waals surface area contributed by atoms with Crippen LogP contribution in [0.4, 0.5) is 17.1 Å². The Labute approximate surface area is 332 Å². The maximum atomic E-state index is 6.73. The summed E-state index contributed by atoms with van der Waals surface area (Å²) in [5.74, 6) is 0. The van der Waals surface area contributed by atoms with Crippen molar-refractivity contribution in [1.82, 2.24) is 4.57 Å². The topological polar surface area (TPSA) is 21.3 Å². The second-order valence-electron chi connectivity index (χ2n) is 14.8. The molecule has 0 saturated carbocycles. The molecule has 0 radical (unpaired) electrons. The lowest BCUT2D eigenvalue weighted by Gasteiger charge is -2.26. The number of aromatic nitrogens is 1. The molecule has 1 aliphatic rings. The highest BCUT2D eigenvalue weighted by atomic mass is 16.3. The molecule has 0 aliphatic heterocycles. The van der Waals surface area contributed by atoms with Crippen LogP contribution in [0.25, 0.3) is 78.0 Å². The second-order valence-corrected chi connectivity index (χ2v) is 14.8. The van der Waals surface area contributed by atoms with E-state index < -0.39 is 0 Å². The Morgan fingerprint density at radius 1 is 0.456 bits per heavy atom. The quantitative estimate of drug-likeness (QED) is 0.163. The van der Waals surface area contributed by atoms with Gasteiger partial charge in [0.15, 0.2) is 0 Å². The number of nitrogens with zero attached hydrogens (tertiary/aromatic N) is 2. The molecule has 10 aromatic rings. The Balaban J connectivity index is 1.09. The van der Waals surface area contributed by atoms with Crippen LogP contribution in [0.15, 0.2) is 205 Å². The number of para-hydroxylation sites is 2. The molecule has 3 nitrogen and oxygen atoms in total. The van der Waals surface area contributed by atoms with Crippen LogP contribution >= 0.6 is 0 Å². The Hall–Kier alpha value is -7.36. The number of benzene rings is 8. The number of hydrogen-bond donors (Lipinski definition) is 0. The van der Waals surface area contributed by atoms with Crippen LogP contribution < -0.4 is 4.90 Å². The van der Waals surface area contributed by atoms with E-state index >= 15 is 0 Å². The summed E-state index contributed by atoms with van der Waals surface area (Å²) < 4.78 is 9.20. The fourth-order valence-electron chi connectivity index (χ4n) is 8.75. The molecule has 270 valence electrons. The number of rotatable bonds is 7. The van der Waals surface area contributed by atoms with Gasteiger partial charge in [0, 0.05) is 50.2 Å². The average molecular weight is 731 g/mol. The van der Waals surface area contributed by atoms with Gasteiger partial charge in [0.2, 0.25) is 0 Å². The SMILES string of the molecule is C1=Cc2c(c3ccc(-c4ccccc4)cc3n2-c2cc(-c3ccc(N(c4ccccc4)c4cccc(-c5ccccc5)c4)cc3)c3oc4ccccc4c3c2)CC1. The molecule has 0 spiro atoms. The molecule has 0 fully saturated rings. The van der Waals surface area contributed by atoms with Crippen LogP contribution in [0.3, 0.4) is 0 Å². The molecule has 0 atom stereocenters. The zero-order valence-electron chi connectivity index (χ0n) is 31.3. The standard InChI is InChI=1S/C54H38N2O/c1-4-15-37(16-5-1)40-19-14-22-44(33-40)55(42-20-8-3-9-21-42)43-30-27-39(28-31-43)49-35-45(36-50-48-24-11-13-26-53(48)57-54(49)50)56-51-25-12-10-23-46(51)47-32-29-41(34-52(47)56)38-17-6-2-7-18-38/h1-9,11-22,24-36H,10,23H2. The number of furan rings is 1. The van der Waals surface area contributed by atoms with Gasteiger partial charge in [-0.25, -0.2) is 0 Å². The minimum atomic E-state index is 0.890. The summed E-state index contributed by atoms with van der Waals surface area (Å²) in [4.78, 5) is 2.33. The van der Waals surface area contributed by atoms with E-state index in [2.05, 4.69) is 216 Å². The Kier molecular flexibility index (Phi) is 7.96. The highest BCUT2D eigenvalue weighted by molar-refractivity contribution is 6.11. The van der Waals surface area contributed by atoms with Gasteiger partial charge >= 0.3 is 0 Å². The van der Waals surface area contributed by atoms with Gasteiger partial charge in [-0.05, 0) is 113 Å². The van der Waals surface area contributed by atoms with E-state index in [4.69, 9.17) is 4.42 Å². The molecule has 11 rings (SSSR count). The lowest BCUT2D eigenvalue weighted by atomic mass is 9.99. The fraction of sp³-hybridized carbons (Fsp3) is 0.0370. The van der Waals surface area contributed by atoms with Crippen molar-refractivity contribution in [3.05, 3.63) is 211 Å². The number of allylic oxidation sites excluding steroid dienone is 1. The molecular weight excluding hydrogens is 693 g/mol. The molecule has 0 amide bonds. The predicted molar refractivity (Wildman–Crippen MR) is 239 cm³/mol. The summed E-state index contributed by atoms with van der Waals surface area (Å²) in [6.45, 7) is 0. The van der Waals surface area contributed by atoms with Crippen LogP contribution in [0.1, 0.15) is 17.7 Å². The van der Waals surface area contributed by atoms with Crippen LogP contribution in [0.5, 0.6) is 0 Å². The monoisotopic (exact) mass is 730 g/mol. The molecule has 1 aliphatic carbocycles. The molecular formula is C54H38N2O. The van der Waals surface area contributed by atoms with Gasteiger partial charge in [-0.2, -0.15) is 0 Å². The third-order valence-electron chi connectivity index (χ3n) is 11.4. The van der Waals surface area contributed by atoms with Gasteiger partial charge in [0.25, 0.3) is 0 Å². The molecule has 3 heteroatoms. The van der Waals surface area contributed by atoms with Crippen molar-refractivity contribution in [2.75, 3.05) is 4.90 Å². The molecule has 2 aromatic heterocycles. The van der Waals surface area contributed by atoms with E-state index in [1.54, 1.807) is 0 Å². The zero-order chi connectivity index (χ0) is 37.7. The normalized spacial score (nSPS) is 12.4. The van der Waals surface area contributed by atoms with Crippen molar-refractivity contribution in [3.8, 4) is 39.1 Å². The summed E-state index contributed by atoms with van der Waals surface area (Å²) in [5.41, 5.74) is 17.1. The van der Waals surface area contributed by atoms with Gasteiger partial charge in [-0.3, -0.25) is 0 Å². The summed E-state index contributed by atoms with van der Waals surface area (Å²) >= 11 is 0. The zero-order valence-corrected chi connectivity index (χ0v) is 31.3. The highest BCUT2D eigenvalue weighted by Crippen LogP contribution is 2.43. The molecule has 0 unspecified atom stereocenters. The van der Waals surface area contributed by atoms with Crippen LogP contribution in [-0.4, -0.2) is 4.57 Å². The Morgan fingerprint density at radius 2 is 1.09 bits per heavy atom. The van der Waals surface area contributed by atoms with Crippen molar-refractivity contribution in [1.29, 1.82) is 0 Å². The number of anilines is 3. The Bertz CT molecular complexity index is 3100. The van der Waals surface area contributed by atoms with Gasteiger partial charge < -0.3 is 13.9 Å². The van der Waals surface area contributed by atoms with Crippen molar-refractivity contribution in [3.63, 3.8) is 0 Å². The smallest absolute Gasteiger partial charge is 0.143 e. The van der Waals surface area contributed by atoms with E-state index in [-0.39, 0.29) is 0 Å². The van der Waals surface area contributed by atoms with Gasteiger partial charge in [0.05, 0.1) is 5.52 Å². The molecule has 0 bridgehead atoms. The lowest BCUT2D eigenvalue weighted by Crippen LogP contribution is -2.09. The average Bonchev–Trinajstić information content (AvgIpc) is 3.83. The Morgan fingerprint density at radius 3 is 1.86 bits per heavy atom. The highest BCUT2D eigenvalue weighted by Gasteiger charge is 2.22. The van der Waals surface area contributed by atoms with Gasteiger partial charge in [-0.15, -0.1) is 0 Å². The first-order valence-electron chi connectivity index (χ1n) is 19.7. The third-order valence-corrected chi connectivity index (χ3v) is 11.4. The van der Waals surface area contributed by atoms with E-state index in [0.29, 0.717) is 0 Å². The van der Waals surface area contributed by atoms with E-state index in [0.717, 1.165) is 68.7 Å². The van der Waals surface area contributed by atoms with Crippen LogP contribution in [-0.2, 0) is 6.42 Å². The van der Waals surface area contributed by atoms with Crippen LogP contribution in [0, 0.1) is 0 Å². The summed E-state index contributed by atoms with van der Waals surface area (Å²) in [6.07, 6.45) is 6.71. The maximum absolute atomic E-state index is 6.73. The van der Waals surface area contributed by atoms with Crippen LogP contribution in [0.2, 0.25) is 0 Å². The number of hydrogen-bond acceptors (Lipinski definition) is 2. The van der Waals surface area contributed by atoms with Gasteiger partial charge in [-0.1, -0.05) is 140 Å². The van der Waals surface area contributed by atoms with Crippen molar-refractivity contribution in [2.24, 2.45) is 0 Å². The lowest BCUT2D eigenvalue weighted by molar-refractivity contribution is 0.670. The molecule has 2 heterocycles. The fourth-order valence-corrected chi connectivity index (χ4v) is 8.75. The predicted octanol–water partition coefficient (Wildman–Crippen LogP) is 15.0. The largest absolute Gasteiger partial charge is 0.455 e. The van der Waals surface area contributed by atoms with E-state index in [9.17, 15) is 0 Å². The summed E-state index contributed by atoms with van der Waals surface area (Å²) in [7, 11) is 0. The minimum Gasteiger partial charge on any atom is -0.455 e. The third kappa shape index (κ3) is 5.75. The first kappa shape index (κ1) is 33.0. The number of aryl methyl sites for hydroxylation is 1. The van der Waals surface area contributed by atoms with E-state index in [1.165, 1.54) is 44.4 Å². The molecule has 8 aromatic carbocycles. The van der Waals surface area contributed by atoms with Crippen molar-refractivity contribution in [2.45, 2.75) is 12.8 Å². The first-order valence-corrected chi connectivity index (χ1v) is 19.7. The summed E-state index contributed by atoms with van der Waals surface area (Å²) in [5, 5.41) is 3.54. The number of fused-ring (bicyclic) bond motifs is 6. The minimum absolute atomic E-state index is 0.890. The van der Waals surface area contributed by atoms with E-state index in [1.807, 2.05) is 0 Å². The van der Waals surface area contributed by atoms with Gasteiger partial charge in [0.1, 0.15) is 11.2 Å². The summed E-state index contributed by atoms with van der Waals surface area (Å²) in [6, 6.07) is 69.7. The maximum Gasteiger partial charge on any atom is 0.143 e. The van der Waals surface area contributed by atoms with Crippen molar-refractivity contribution < 1.29 is 4.42 Å². The molecule has 0 N–H and O–H groups in total. The second kappa shape index (κ2) is 13.7. The van der Waals surface area contributed by atoms with Crippen molar-refractivity contribution >= 4 is 56.0 Å². The first-order chi connectivity index (χ1) is 28.3. The molecule has 0 saturated heterocycles.